The fourth-order valence-electron chi connectivity index (χ4n) is 4.05. The lowest BCUT2D eigenvalue weighted by molar-refractivity contribution is -0.140. The number of hydrogen-bond acceptors (Lipinski definition) is 12. The van der Waals surface area contributed by atoms with E-state index in [4.69, 9.17) is 28.4 Å². The Morgan fingerprint density at radius 3 is 1.28 bits per heavy atom. The molecule has 0 bridgehead atoms. The third-order valence-electron chi connectivity index (χ3n) is 6.38. The van der Waals surface area contributed by atoms with Crippen molar-refractivity contribution in [3.63, 3.8) is 0 Å². The molecule has 0 aromatic rings. The van der Waals surface area contributed by atoms with Crippen LogP contribution in [0.2, 0.25) is 0 Å². The van der Waals surface area contributed by atoms with Crippen LogP contribution in [0.25, 0.3) is 0 Å². The summed E-state index contributed by atoms with van der Waals surface area (Å²) in [7, 11) is 0. The molecule has 1 aliphatic rings. The third kappa shape index (κ3) is 20.5. The minimum Gasteiger partial charge on any atom is -0.462 e. The molecule has 16 nitrogen and oxygen atoms in total. The number of carbonyl (C=O) groups excluding carboxylic acids is 6. The van der Waals surface area contributed by atoms with E-state index in [9.17, 15) is 28.8 Å². The molecule has 0 radical (unpaired) electrons. The summed E-state index contributed by atoms with van der Waals surface area (Å²) < 4.78 is 29.8. The van der Waals surface area contributed by atoms with Crippen LogP contribution in [0.4, 0.5) is 19.2 Å². The molecular formula is C30H48N4O12. The molecule has 4 amide bonds. The second-order valence-corrected chi connectivity index (χ2v) is 10.6. The first-order valence-corrected chi connectivity index (χ1v) is 15.3. The standard InChI is InChI=1S/C30H48N4O12/c1-21(2)25(35)41-12-6-14-43-27(37)31-10-16-45-29(39)33-19-23-8-5-9-24(18-23)20-34-30(40)46-17-11-32-28(38)44-15-7-13-42-26(36)22(3)4/h23-24H,1,3,5-20H2,2,4H3,(H,31,37)(H,32,38)(H,33,39)(H,34,40). The summed E-state index contributed by atoms with van der Waals surface area (Å²) >= 11 is 0. The van der Waals surface area contributed by atoms with E-state index in [1.165, 1.54) is 13.8 Å². The quantitative estimate of drug-likeness (QED) is 0.0646. The van der Waals surface area contributed by atoms with Crippen LogP contribution in [-0.4, -0.2) is 102 Å². The van der Waals surface area contributed by atoms with Crippen LogP contribution in [0.3, 0.4) is 0 Å². The average Bonchev–Trinajstić information content (AvgIpc) is 3.02. The van der Waals surface area contributed by atoms with Gasteiger partial charge in [-0.1, -0.05) is 19.6 Å². The van der Waals surface area contributed by atoms with Crippen molar-refractivity contribution in [2.75, 3.05) is 65.8 Å². The fourth-order valence-corrected chi connectivity index (χ4v) is 4.05. The first-order valence-electron chi connectivity index (χ1n) is 15.3. The molecule has 1 aliphatic carbocycles. The van der Waals surface area contributed by atoms with Gasteiger partial charge in [0.25, 0.3) is 0 Å². The van der Waals surface area contributed by atoms with E-state index in [1.807, 2.05) is 0 Å². The SMILES string of the molecule is C=C(C)C(=O)OCCCOC(=O)NCCOC(=O)NCC1CCCC(CNC(=O)OCCNC(=O)OCCCOC(=O)C(=C)C)C1. The van der Waals surface area contributed by atoms with Gasteiger partial charge in [0.15, 0.2) is 0 Å². The first kappa shape index (κ1) is 39.5. The van der Waals surface area contributed by atoms with Gasteiger partial charge in [-0.2, -0.15) is 0 Å². The molecule has 46 heavy (non-hydrogen) atoms. The zero-order valence-corrected chi connectivity index (χ0v) is 26.8. The Labute approximate surface area is 269 Å². The van der Waals surface area contributed by atoms with Gasteiger partial charge in [0.1, 0.15) is 13.2 Å². The van der Waals surface area contributed by atoms with Crippen LogP contribution in [0.15, 0.2) is 24.3 Å². The molecule has 0 aromatic carbocycles. The minimum atomic E-state index is -0.675. The zero-order valence-electron chi connectivity index (χ0n) is 26.8. The molecule has 1 saturated carbocycles. The van der Waals surface area contributed by atoms with E-state index in [-0.39, 0.29) is 64.6 Å². The van der Waals surface area contributed by atoms with Gasteiger partial charge in [-0.3, -0.25) is 0 Å². The highest BCUT2D eigenvalue weighted by atomic mass is 16.6. The summed E-state index contributed by atoms with van der Waals surface area (Å²) in [6.07, 6.45) is 1.76. The zero-order chi connectivity index (χ0) is 34.2. The van der Waals surface area contributed by atoms with Gasteiger partial charge in [-0.25, -0.2) is 28.8 Å². The first-order chi connectivity index (χ1) is 22.0. The molecule has 2 unspecified atom stereocenters. The highest BCUT2D eigenvalue weighted by Gasteiger charge is 2.23. The van der Waals surface area contributed by atoms with Crippen LogP contribution >= 0.6 is 0 Å². The van der Waals surface area contributed by atoms with Crippen molar-refractivity contribution in [1.29, 1.82) is 0 Å². The summed E-state index contributed by atoms with van der Waals surface area (Å²) in [4.78, 5) is 69.8. The summed E-state index contributed by atoms with van der Waals surface area (Å²) in [5.74, 6) is -0.558. The second kappa shape index (κ2) is 23.8. The Morgan fingerprint density at radius 1 is 0.543 bits per heavy atom. The topological polar surface area (TPSA) is 206 Å². The highest BCUT2D eigenvalue weighted by molar-refractivity contribution is 5.87. The summed E-state index contributed by atoms with van der Waals surface area (Å²) in [5, 5.41) is 10.4. The number of nitrogens with one attached hydrogen (secondary N) is 4. The molecule has 16 heteroatoms. The van der Waals surface area contributed by atoms with Crippen LogP contribution in [0.5, 0.6) is 0 Å². The maximum atomic E-state index is 12.0. The van der Waals surface area contributed by atoms with E-state index in [0.29, 0.717) is 37.1 Å². The van der Waals surface area contributed by atoms with E-state index < -0.39 is 36.3 Å². The lowest BCUT2D eigenvalue weighted by Gasteiger charge is -2.29. The lowest BCUT2D eigenvalue weighted by Crippen LogP contribution is -2.37. The van der Waals surface area contributed by atoms with E-state index in [2.05, 4.69) is 34.4 Å². The monoisotopic (exact) mass is 656 g/mol. The molecule has 0 heterocycles. The predicted octanol–water partition coefficient (Wildman–Crippen LogP) is 2.72. The normalized spacial score (nSPS) is 15.3. The summed E-state index contributed by atoms with van der Waals surface area (Å²) in [5.41, 5.74) is 0.583. The Hall–Kier alpha value is -4.50. The van der Waals surface area contributed by atoms with Crippen molar-refractivity contribution >= 4 is 36.3 Å². The molecule has 0 saturated heterocycles. The highest BCUT2D eigenvalue weighted by Crippen LogP contribution is 2.28. The summed E-state index contributed by atoms with van der Waals surface area (Å²) in [6.45, 7) is 11.3. The van der Waals surface area contributed by atoms with Crippen LogP contribution < -0.4 is 21.3 Å². The van der Waals surface area contributed by atoms with E-state index >= 15 is 0 Å². The van der Waals surface area contributed by atoms with Crippen molar-refractivity contribution in [1.82, 2.24) is 21.3 Å². The number of carbonyl (C=O) groups is 6. The molecule has 260 valence electrons. The average molecular weight is 657 g/mol. The Bertz CT molecular complexity index is 957. The predicted molar refractivity (Wildman–Crippen MR) is 164 cm³/mol. The van der Waals surface area contributed by atoms with E-state index in [1.54, 1.807) is 0 Å². The molecule has 0 aromatic heterocycles. The van der Waals surface area contributed by atoms with Gasteiger partial charge in [0.05, 0.1) is 39.5 Å². The van der Waals surface area contributed by atoms with E-state index in [0.717, 1.165) is 25.7 Å². The number of alkyl carbamates (subject to hydrolysis) is 4. The smallest absolute Gasteiger partial charge is 0.407 e. The van der Waals surface area contributed by atoms with Crippen LogP contribution in [0, 0.1) is 11.8 Å². The molecule has 0 spiro atoms. The lowest BCUT2D eigenvalue weighted by atomic mass is 9.81. The van der Waals surface area contributed by atoms with Crippen molar-refractivity contribution in [3.05, 3.63) is 24.3 Å². The van der Waals surface area contributed by atoms with Crippen molar-refractivity contribution in [2.24, 2.45) is 11.8 Å². The van der Waals surface area contributed by atoms with Gasteiger partial charge in [-0.05, 0) is 44.9 Å². The molecule has 4 N–H and O–H groups in total. The number of esters is 2. The Balaban J connectivity index is 2.05. The Kier molecular flexibility index (Phi) is 20.5. The van der Waals surface area contributed by atoms with Crippen molar-refractivity contribution in [2.45, 2.75) is 52.4 Å². The summed E-state index contributed by atoms with van der Waals surface area (Å²) in [6, 6.07) is 0. The molecule has 1 rings (SSSR count). The molecule has 1 fully saturated rings. The van der Waals surface area contributed by atoms with Crippen molar-refractivity contribution in [3.8, 4) is 0 Å². The van der Waals surface area contributed by atoms with Gasteiger partial charge in [-0.15, -0.1) is 0 Å². The van der Waals surface area contributed by atoms with Gasteiger partial charge < -0.3 is 49.7 Å². The number of hydrogen-bond donors (Lipinski definition) is 4. The third-order valence-corrected chi connectivity index (χ3v) is 6.38. The van der Waals surface area contributed by atoms with Gasteiger partial charge in [0, 0.05) is 37.1 Å². The number of rotatable bonds is 20. The maximum absolute atomic E-state index is 12.0. The van der Waals surface area contributed by atoms with Crippen molar-refractivity contribution < 1.29 is 57.2 Å². The molecular weight excluding hydrogens is 608 g/mol. The van der Waals surface area contributed by atoms with Gasteiger partial charge >= 0.3 is 36.3 Å². The largest absolute Gasteiger partial charge is 0.462 e. The fraction of sp³-hybridized carbons (Fsp3) is 0.667. The number of amides is 4. The number of ether oxygens (including phenoxy) is 6. The minimum absolute atomic E-state index is 0.0397. The maximum Gasteiger partial charge on any atom is 0.407 e. The van der Waals surface area contributed by atoms with Crippen LogP contribution in [-0.2, 0) is 38.0 Å². The Morgan fingerprint density at radius 2 is 0.891 bits per heavy atom. The molecule has 0 aliphatic heterocycles. The van der Waals surface area contributed by atoms with Gasteiger partial charge in [0.2, 0.25) is 0 Å². The second-order valence-electron chi connectivity index (χ2n) is 10.6. The van der Waals surface area contributed by atoms with Crippen LogP contribution in [0.1, 0.15) is 52.4 Å². The molecule has 2 atom stereocenters.